The van der Waals surface area contributed by atoms with Crippen LogP contribution in [0.15, 0.2) is 67.0 Å². The molecule has 0 aliphatic heterocycles. The Morgan fingerprint density at radius 1 is 0.923 bits per heavy atom. The largest absolute Gasteiger partial charge is 0.375 e. The maximum atomic E-state index is 6.41. The van der Waals surface area contributed by atoms with Gasteiger partial charge in [-0.05, 0) is 40.5 Å². The maximum Gasteiger partial charge on any atom is 0.101 e. The van der Waals surface area contributed by atoms with E-state index in [0.717, 1.165) is 22.3 Å². The molecule has 1 aromatic heterocycles. The number of hydrogen-bond donors (Lipinski definition) is 1. The Labute approximate surface area is 169 Å². The molecular formula is C20H19Cl3N2O. The molecule has 2 aromatic carbocycles. The molecule has 0 amide bonds. The first-order valence-electron chi connectivity index (χ1n) is 7.84. The molecule has 0 saturated carbocycles. The highest BCUT2D eigenvalue weighted by Gasteiger charge is 2.22. The second-order valence-electron chi connectivity index (χ2n) is 5.72. The molecule has 0 aliphatic carbocycles. The van der Waals surface area contributed by atoms with Gasteiger partial charge < -0.3 is 10.5 Å². The predicted molar refractivity (Wildman–Crippen MR) is 110 cm³/mol. The molecular weight excluding hydrogens is 391 g/mol. The van der Waals surface area contributed by atoms with E-state index in [1.807, 2.05) is 48.7 Å². The third-order valence-corrected chi connectivity index (χ3v) is 4.88. The van der Waals surface area contributed by atoms with Crippen molar-refractivity contribution in [2.45, 2.75) is 12.1 Å². The number of nitrogens with two attached hydrogens (primary N) is 1. The molecule has 0 radical (unpaired) electrons. The van der Waals surface area contributed by atoms with E-state index in [2.05, 4.69) is 4.98 Å². The lowest BCUT2D eigenvalue weighted by Crippen LogP contribution is -2.21. The van der Waals surface area contributed by atoms with Crippen LogP contribution in [0.3, 0.4) is 0 Å². The summed E-state index contributed by atoms with van der Waals surface area (Å²) in [6, 6.07) is 17.1. The zero-order valence-corrected chi connectivity index (χ0v) is 16.4. The van der Waals surface area contributed by atoms with Gasteiger partial charge in [-0.15, -0.1) is 12.4 Å². The summed E-state index contributed by atoms with van der Waals surface area (Å²) < 4.78 is 5.65. The van der Waals surface area contributed by atoms with Crippen LogP contribution in [0.25, 0.3) is 11.1 Å². The van der Waals surface area contributed by atoms with Crippen molar-refractivity contribution in [2.75, 3.05) is 7.11 Å². The fourth-order valence-corrected chi connectivity index (χ4v) is 3.09. The molecule has 0 aliphatic rings. The first-order valence-corrected chi connectivity index (χ1v) is 8.59. The Morgan fingerprint density at radius 3 is 2.19 bits per heavy atom. The fourth-order valence-electron chi connectivity index (χ4n) is 2.78. The molecule has 0 fully saturated rings. The van der Waals surface area contributed by atoms with Crippen molar-refractivity contribution in [1.82, 2.24) is 4.98 Å². The van der Waals surface area contributed by atoms with E-state index >= 15 is 0 Å². The van der Waals surface area contributed by atoms with E-state index in [-0.39, 0.29) is 24.6 Å². The van der Waals surface area contributed by atoms with E-state index in [1.54, 1.807) is 25.4 Å². The molecule has 3 aromatic rings. The van der Waals surface area contributed by atoms with Crippen molar-refractivity contribution in [2.24, 2.45) is 5.73 Å². The molecule has 6 heteroatoms. The first kappa shape index (κ1) is 20.7. The van der Waals surface area contributed by atoms with E-state index in [1.165, 1.54) is 0 Å². The van der Waals surface area contributed by atoms with Gasteiger partial charge >= 0.3 is 0 Å². The van der Waals surface area contributed by atoms with E-state index < -0.39 is 0 Å². The van der Waals surface area contributed by atoms with Crippen molar-refractivity contribution in [1.29, 1.82) is 0 Å². The molecule has 1 heterocycles. The van der Waals surface area contributed by atoms with Crippen LogP contribution in [0.1, 0.15) is 23.3 Å². The molecule has 0 saturated heterocycles. The van der Waals surface area contributed by atoms with Crippen molar-refractivity contribution in [3.8, 4) is 11.1 Å². The third-order valence-electron chi connectivity index (χ3n) is 4.14. The normalized spacial score (nSPS) is 12.9. The minimum Gasteiger partial charge on any atom is -0.375 e. The molecule has 3 rings (SSSR count). The van der Waals surface area contributed by atoms with Gasteiger partial charge in [0.25, 0.3) is 0 Å². The van der Waals surface area contributed by atoms with E-state index in [9.17, 15) is 0 Å². The van der Waals surface area contributed by atoms with Gasteiger partial charge in [-0.3, -0.25) is 4.98 Å². The van der Waals surface area contributed by atoms with E-state index in [0.29, 0.717) is 10.0 Å². The van der Waals surface area contributed by atoms with Crippen molar-refractivity contribution >= 4 is 35.6 Å². The summed E-state index contributed by atoms with van der Waals surface area (Å²) in [7, 11) is 1.65. The molecule has 0 spiro atoms. The van der Waals surface area contributed by atoms with Crippen molar-refractivity contribution < 1.29 is 4.74 Å². The summed E-state index contributed by atoms with van der Waals surface area (Å²) in [6.45, 7) is 0. The van der Waals surface area contributed by atoms with Crippen LogP contribution in [0.4, 0.5) is 0 Å². The average molecular weight is 410 g/mol. The number of hydrogen-bond acceptors (Lipinski definition) is 3. The number of methoxy groups -OCH3 is 1. The number of nitrogens with zero attached hydrogens (tertiary/aromatic N) is 1. The topological polar surface area (TPSA) is 48.1 Å². The van der Waals surface area contributed by atoms with Gasteiger partial charge in [0.2, 0.25) is 0 Å². The van der Waals surface area contributed by atoms with Gasteiger partial charge in [-0.1, -0.05) is 59.6 Å². The van der Waals surface area contributed by atoms with Crippen LogP contribution in [0.5, 0.6) is 0 Å². The van der Waals surface area contributed by atoms with Crippen molar-refractivity contribution in [3.05, 3.63) is 88.2 Å². The molecule has 136 valence electrons. The highest BCUT2D eigenvalue weighted by molar-refractivity contribution is 6.42. The molecule has 3 nitrogen and oxygen atoms in total. The highest BCUT2D eigenvalue weighted by Crippen LogP contribution is 2.33. The second-order valence-corrected chi connectivity index (χ2v) is 6.53. The van der Waals surface area contributed by atoms with Crippen LogP contribution in [0.2, 0.25) is 10.0 Å². The lowest BCUT2D eigenvalue weighted by atomic mass is 9.95. The number of pyridine rings is 1. The summed E-state index contributed by atoms with van der Waals surface area (Å²) in [5.74, 6) is 0. The monoisotopic (exact) mass is 408 g/mol. The van der Waals surface area contributed by atoms with Gasteiger partial charge in [0, 0.05) is 19.5 Å². The number of halogens is 3. The molecule has 2 N–H and O–H groups in total. The minimum absolute atomic E-state index is 0. The van der Waals surface area contributed by atoms with Gasteiger partial charge in [0.05, 0.1) is 16.1 Å². The quantitative estimate of drug-likeness (QED) is 0.573. The fraction of sp³-hybridized carbons (Fsp3) is 0.150. The van der Waals surface area contributed by atoms with Gasteiger partial charge in [-0.2, -0.15) is 0 Å². The van der Waals surface area contributed by atoms with Crippen LogP contribution in [-0.2, 0) is 4.74 Å². The number of rotatable bonds is 5. The molecule has 26 heavy (non-hydrogen) atoms. The zero-order valence-electron chi connectivity index (χ0n) is 14.1. The summed E-state index contributed by atoms with van der Waals surface area (Å²) >= 11 is 12.1. The Bertz CT molecular complexity index is 841. The standard InChI is InChI=1S/C20H18Cl2N2O.ClH/c1-25-20(19(23)15-8-9-17(21)18(22)11-15)14-6-4-13(5-7-14)16-3-2-10-24-12-16;/h2-12,19-20H,23H2,1H3;1H/t19-,20+;/m0./s1. The maximum absolute atomic E-state index is 6.41. The number of ether oxygens (including phenoxy) is 1. The SMILES string of the molecule is CO[C@H](c1ccc(-c2cccnc2)cc1)[C@@H](N)c1ccc(Cl)c(Cl)c1.Cl. The average Bonchev–Trinajstić information content (AvgIpc) is 2.66. The summed E-state index contributed by atoms with van der Waals surface area (Å²) in [5, 5.41) is 0.990. The van der Waals surface area contributed by atoms with Gasteiger partial charge in [0.1, 0.15) is 6.10 Å². The lowest BCUT2D eigenvalue weighted by Gasteiger charge is -2.24. The Balaban J connectivity index is 0.00000243. The Kier molecular flexibility index (Phi) is 7.44. The minimum atomic E-state index is -0.357. The number of benzene rings is 2. The third kappa shape index (κ3) is 4.56. The van der Waals surface area contributed by atoms with Crippen molar-refractivity contribution in [3.63, 3.8) is 0 Å². The number of aromatic nitrogens is 1. The van der Waals surface area contributed by atoms with Gasteiger partial charge in [0.15, 0.2) is 0 Å². The smallest absolute Gasteiger partial charge is 0.101 e. The van der Waals surface area contributed by atoms with Crippen LogP contribution >= 0.6 is 35.6 Å². The summed E-state index contributed by atoms with van der Waals surface area (Å²) in [4.78, 5) is 4.15. The summed E-state index contributed by atoms with van der Waals surface area (Å²) in [6.07, 6.45) is 3.31. The Morgan fingerprint density at radius 2 is 1.62 bits per heavy atom. The second kappa shape index (κ2) is 9.36. The molecule has 0 bridgehead atoms. The first-order chi connectivity index (χ1) is 12.1. The Hall–Kier alpha value is -1.62. The van der Waals surface area contributed by atoms with Gasteiger partial charge in [-0.25, -0.2) is 0 Å². The molecule has 2 atom stereocenters. The lowest BCUT2D eigenvalue weighted by molar-refractivity contribution is 0.0802. The predicted octanol–water partition coefficient (Wildman–Crippen LogP) is 5.86. The van der Waals surface area contributed by atoms with Crippen LogP contribution in [-0.4, -0.2) is 12.1 Å². The molecule has 0 unspecified atom stereocenters. The summed E-state index contributed by atoms with van der Waals surface area (Å²) in [5.41, 5.74) is 10.4. The van der Waals surface area contributed by atoms with Crippen LogP contribution < -0.4 is 5.73 Å². The zero-order chi connectivity index (χ0) is 17.8. The highest BCUT2D eigenvalue weighted by atomic mass is 35.5. The van der Waals surface area contributed by atoms with E-state index in [4.69, 9.17) is 33.7 Å². The van der Waals surface area contributed by atoms with Crippen LogP contribution in [0, 0.1) is 0 Å².